The van der Waals surface area contributed by atoms with Gasteiger partial charge in [-0.05, 0) is 37.6 Å². The van der Waals surface area contributed by atoms with Gasteiger partial charge in [0.25, 0.3) is 0 Å². The Balaban J connectivity index is 2.20. The van der Waals surface area contributed by atoms with E-state index in [0.29, 0.717) is 12.2 Å². The zero-order chi connectivity index (χ0) is 14.8. The van der Waals surface area contributed by atoms with Gasteiger partial charge in [0.15, 0.2) is 0 Å². The van der Waals surface area contributed by atoms with Crippen LogP contribution >= 0.6 is 0 Å². The minimum atomic E-state index is -3.76. The molecule has 0 bridgehead atoms. The number of anilines is 1. The first-order valence-corrected chi connectivity index (χ1v) is 8.07. The van der Waals surface area contributed by atoms with Gasteiger partial charge in [0.05, 0.1) is 10.3 Å². The van der Waals surface area contributed by atoms with E-state index in [1.807, 2.05) is 6.92 Å². The van der Waals surface area contributed by atoms with Gasteiger partial charge in [-0.1, -0.05) is 13.0 Å². The van der Waals surface area contributed by atoms with Gasteiger partial charge in [0.1, 0.15) is 0 Å². The second kappa shape index (κ2) is 5.51. The summed E-state index contributed by atoms with van der Waals surface area (Å²) >= 11 is 0. The average Bonchev–Trinajstić information content (AvgIpc) is 2.88. The molecule has 1 atom stereocenters. The molecule has 20 heavy (non-hydrogen) atoms. The highest BCUT2D eigenvalue weighted by Crippen LogP contribution is 2.31. The molecule has 0 spiro atoms. The van der Waals surface area contributed by atoms with Crippen molar-refractivity contribution in [2.24, 2.45) is 10.6 Å². The molecule has 4 N–H and O–H groups in total. The topological polar surface area (TPSA) is 101 Å². The predicted molar refractivity (Wildman–Crippen MR) is 76.7 cm³/mol. The summed E-state index contributed by atoms with van der Waals surface area (Å²) in [6.07, 6.45) is 1.52. The molecule has 110 valence electrons. The Morgan fingerprint density at radius 3 is 2.80 bits per heavy atom. The zero-order valence-corrected chi connectivity index (χ0v) is 12.2. The van der Waals surface area contributed by atoms with Gasteiger partial charge in [-0.15, -0.1) is 0 Å². The van der Waals surface area contributed by atoms with Crippen LogP contribution in [0.2, 0.25) is 0 Å². The van der Waals surface area contributed by atoms with E-state index in [-0.39, 0.29) is 10.8 Å². The van der Waals surface area contributed by atoms with Crippen LogP contribution in [0.25, 0.3) is 0 Å². The summed E-state index contributed by atoms with van der Waals surface area (Å²) in [5.74, 6) is -0.0865. The molecule has 7 heteroatoms. The third kappa shape index (κ3) is 3.00. The van der Waals surface area contributed by atoms with Crippen molar-refractivity contribution < 1.29 is 13.2 Å². The average molecular weight is 297 g/mol. The highest BCUT2D eigenvalue weighted by atomic mass is 32.2. The molecule has 1 saturated heterocycles. The largest absolute Gasteiger partial charge is 0.326 e. The summed E-state index contributed by atoms with van der Waals surface area (Å²) in [7, 11) is -3.76. The van der Waals surface area contributed by atoms with Gasteiger partial charge in [-0.3, -0.25) is 4.79 Å². The number of hydrogen-bond acceptors (Lipinski definition) is 4. The lowest BCUT2D eigenvalue weighted by atomic mass is 9.83. The molecule has 6 nitrogen and oxygen atoms in total. The second-order valence-corrected chi connectivity index (χ2v) is 6.65. The van der Waals surface area contributed by atoms with Gasteiger partial charge >= 0.3 is 0 Å². The Kier molecular flexibility index (Phi) is 4.12. The van der Waals surface area contributed by atoms with Crippen molar-refractivity contribution in [1.29, 1.82) is 0 Å². The Morgan fingerprint density at radius 1 is 1.50 bits per heavy atom. The molecule has 0 radical (unpaired) electrons. The van der Waals surface area contributed by atoms with E-state index < -0.39 is 15.4 Å². The number of nitrogens with two attached hydrogens (primary N) is 1. The van der Waals surface area contributed by atoms with E-state index in [0.717, 1.165) is 19.4 Å². The van der Waals surface area contributed by atoms with Gasteiger partial charge in [-0.2, -0.15) is 0 Å². The summed E-state index contributed by atoms with van der Waals surface area (Å²) in [5, 5.41) is 11.1. The zero-order valence-electron chi connectivity index (χ0n) is 11.3. The number of benzene rings is 1. The fourth-order valence-corrected chi connectivity index (χ4v) is 2.97. The molecule has 1 fully saturated rings. The Morgan fingerprint density at radius 2 is 2.25 bits per heavy atom. The highest BCUT2D eigenvalue weighted by molar-refractivity contribution is 7.89. The monoisotopic (exact) mass is 297 g/mol. The van der Waals surface area contributed by atoms with E-state index in [2.05, 4.69) is 10.6 Å². The fraction of sp³-hybridized carbons (Fsp3) is 0.462. The maximum absolute atomic E-state index is 12.4. The standard InChI is InChI=1S/C13H19N3O3S/c1-2-13(6-7-15-9-13)12(17)16-10-4-3-5-11(8-10)20(14,18)19/h3-5,8,15H,2,6-7,9H2,1H3,(H,16,17)(H2,14,18,19). The van der Waals surface area contributed by atoms with Crippen molar-refractivity contribution in [3.8, 4) is 0 Å². The Hall–Kier alpha value is -1.44. The first-order chi connectivity index (χ1) is 9.37. The van der Waals surface area contributed by atoms with Crippen LogP contribution in [0, 0.1) is 5.41 Å². The molecule has 1 aliphatic heterocycles. The molecule has 1 aliphatic rings. The summed E-state index contributed by atoms with van der Waals surface area (Å²) in [5.41, 5.74) is 0.0265. The van der Waals surface area contributed by atoms with Crippen LogP contribution in [-0.2, 0) is 14.8 Å². The summed E-state index contributed by atoms with van der Waals surface area (Å²) < 4.78 is 22.6. The number of carbonyl (C=O) groups excluding carboxylic acids is 1. The van der Waals surface area contributed by atoms with E-state index in [1.165, 1.54) is 12.1 Å². The van der Waals surface area contributed by atoms with Crippen LogP contribution in [0.4, 0.5) is 5.69 Å². The molecule has 2 rings (SSSR count). The lowest BCUT2D eigenvalue weighted by Gasteiger charge is -2.25. The molecule has 0 aliphatic carbocycles. The van der Waals surface area contributed by atoms with E-state index in [1.54, 1.807) is 12.1 Å². The molecule has 0 saturated carbocycles. The molecule has 1 heterocycles. The van der Waals surface area contributed by atoms with E-state index >= 15 is 0 Å². The number of amides is 1. The Labute approximate surface area is 118 Å². The lowest BCUT2D eigenvalue weighted by molar-refractivity contribution is -0.124. The van der Waals surface area contributed by atoms with Crippen molar-refractivity contribution >= 4 is 21.6 Å². The minimum absolute atomic E-state index is 0.00889. The minimum Gasteiger partial charge on any atom is -0.326 e. The third-order valence-corrected chi connectivity index (χ3v) is 4.73. The normalized spacial score (nSPS) is 22.7. The predicted octanol–water partition coefficient (Wildman–Crippen LogP) is 0.662. The van der Waals surface area contributed by atoms with E-state index in [4.69, 9.17) is 5.14 Å². The van der Waals surface area contributed by atoms with Crippen molar-refractivity contribution in [2.45, 2.75) is 24.7 Å². The number of rotatable bonds is 4. The molecule has 1 aromatic carbocycles. The van der Waals surface area contributed by atoms with Crippen LogP contribution in [0.1, 0.15) is 19.8 Å². The maximum atomic E-state index is 12.4. The second-order valence-electron chi connectivity index (χ2n) is 5.09. The SMILES string of the molecule is CCC1(C(=O)Nc2cccc(S(N)(=O)=O)c2)CCNC1. The van der Waals surface area contributed by atoms with Crippen LogP contribution in [0.15, 0.2) is 29.2 Å². The highest BCUT2D eigenvalue weighted by Gasteiger charge is 2.39. The number of sulfonamides is 1. The number of primary sulfonamides is 1. The van der Waals surface area contributed by atoms with E-state index in [9.17, 15) is 13.2 Å². The molecule has 0 aromatic heterocycles. The Bertz CT molecular complexity index is 607. The molecule has 1 amide bonds. The number of nitrogens with one attached hydrogen (secondary N) is 2. The first-order valence-electron chi connectivity index (χ1n) is 6.52. The smallest absolute Gasteiger partial charge is 0.238 e. The molecule has 1 unspecified atom stereocenters. The lowest BCUT2D eigenvalue weighted by Crippen LogP contribution is -2.37. The van der Waals surface area contributed by atoms with Crippen LogP contribution in [-0.4, -0.2) is 27.4 Å². The molecular weight excluding hydrogens is 278 g/mol. The van der Waals surface area contributed by atoms with Crippen LogP contribution in [0.3, 0.4) is 0 Å². The summed E-state index contributed by atoms with van der Waals surface area (Å²) in [6.45, 7) is 3.44. The van der Waals surface area contributed by atoms with Crippen molar-refractivity contribution in [2.75, 3.05) is 18.4 Å². The molecular formula is C13H19N3O3S. The molecule has 1 aromatic rings. The summed E-state index contributed by atoms with van der Waals surface area (Å²) in [4.78, 5) is 12.4. The van der Waals surface area contributed by atoms with Gasteiger partial charge in [-0.25, -0.2) is 13.6 Å². The maximum Gasteiger partial charge on any atom is 0.238 e. The van der Waals surface area contributed by atoms with Gasteiger partial charge in [0.2, 0.25) is 15.9 Å². The van der Waals surface area contributed by atoms with Crippen molar-refractivity contribution in [1.82, 2.24) is 5.32 Å². The quantitative estimate of drug-likeness (QED) is 0.760. The van der Waals surface area contributed by atoms with Crippen LogP contribution in [0.5, 0.6) is 0 Å². The third-order valence-electron chi connectivity index (χ3n) is 3.82. The van der Waals surface area contributed by atoms with Crippen molar-refractivity contribution in [3.05, 3.63) is 24.3 Å². The van der Waals surface area contributed by atoms with Crippen molar-refractivity contribution in [3.63, 3.8) is 0 Å². The number of carbonyl (C=O) groups is 1. The summed E-state index contributed by atoms with van der Waals surface area (Å²) in [6, 6.07) is 5.98. The van der Waals surface area contributed by atoms with Gasteiger partial charge < -0.3 is 10.6 Å². The van der Waals surface area contributed by atoms with Crippen LogP contribution < -0.4 is 15.8 Å². The number of hydrogen-bond donors (Lipinski definition) is 3. The first kappa shape index (κ1) is 15.0. The fourth-order valence-electron chi connectivity index (χ4n) is 2.41. The van der Waals surface area contributed by atoms with Gasteiger partial charge in [0, 0.05) is 12.2 Å².